The van der Waals surface area contributed by atoms with Crippen LogP contribution in [0, 0.1) is 0 Å². The molecule has 0 bridgehead atoms. The van der Waals surface area contributed by atoms with E-state index in [1.807, 2.05) is 24.3 Å². The lowest BCUT2D eigenvalue weighted by atomic mass is 10.3. The zero-order valence-corrected chi connectivity index (χ0v) is 6.57. The van der Waals surface area contributed by atoms with Crippen molar-refractivity contribution in [2.24, 2.45) is 0 Å². The summed E-state index contributed by atoms with van der Waals surface area (Å²) in [6.07, 6.45) is 3.49. The van der Waals surface area contributed by atoms with Gasteiger partial charge in [0.1, 0.15) is 0 Å². The highest BCUT2D eigenvalue weighted by atomic mass is 14.7. The van der Waals surface area contributed by atoms with Crippen molar-refractivity contribution in [2.75, 3.05) is 0 Å². The minimum Gasteiger partial charge on any atom is -0.255 e. The van der Waals surface area contributed by atoms with E-state index in [1.165, 1.54) is 0 Å². The maximum Gasteiger partial charge on any atom is 0.0893 e. The summed E-state index contributed by atoms with van der Waals surface area (Å²) < 4.78 is 0. The fourth-order valence-electron chi connectivity index (χ4n) is 1.09. The van der Waals surface area contributed by atoms with Gasteiger partial charge < -0.3 is 0 Å². The second kappa shape index (κ2) is 2.74. The van der Waals surface area contributed by atoms with Gasteiger partial charge in [0.2, 0.25) is 0 Å². The van der Waals surface area contributed by atoms with Crippen LogP contribution in [-0.2, 0) is 0 Å². The Hall–Kier alpha value is -1.70. The van der Waals surface area contributed by atoms with E-state index < -0.39 is 0 Å². The van der Waals surface area contributed by atoms with Crippen molar-refractivity contribution < 1.29 is 0 Å². The molecule has 2 nitrogen and oxygen atoms in total. The van der Waals surface area contributed by atoms with Crippen molar-refractivity contribution in [1.29, 1.82) is 0 Å². The highest BCUT2D eigenvalue weighted by Crippen LogP contribution is 2.08. The summed E-state index contributed by atoms with van der Waals surface area (Å²) in [6, 6.07) is 7.67. The van der Waals surface area contributed by atoms with Crippen LogP contribution in [0.1, 0.15) is 5.69 Å². The van der Waals surface area contributed by atoms with Crippen molar-refractivity contribution in [1.82, 2.24) is 9.97 Å². The smallest absolute Gasteiger partial charge is 0.0893 e. The number of nitrogens with zero attached hydrogens (tertiary/aromatic N) is 2. The van der Waals surface area contributed by atoms with Gasteiger partial charge in [-0.1, -0.05) is 6.58 Å². The summed E-state index contributed by atoms with van der Waals surface area (Å²) in [5.74, 6) is 0. The normalized spacial score (nSPS) is 10.0. The van der Waals surface area contributed by atoms with Crippen LogP contribution in [-0.4, -0.2) is 9.97 Å². The van der Waals surface area contributed by atoms with Gasteiger partial charge in [0.15, 0.2) is 0 Å². The molecule has 0 saturated carbocycles. The zero-order valence-electron chi connectivity index (χ0n) is 6.57. The van der Waals surface area contributed by atoms with Crippen LogP contribution in [0.4, 0.5) is 0 Å². The van der Waals surface area contributed by atoms with E-state index in [-0.39, 0.29) is 0 Å². The maximum atomic E-state index is 4.31. The first-order chi connectivity index (χ1) is 5.90. The molecule has 0 aliphatic rings. The lowest BCUT2D eigenvalue weighted by Crippen LogP contribution is -1.83. The molecule has 0 spiro atoms. The first-order valence-electron chi connectivity index (χ1n) is 3.74. The standard InChI is InChI=1S/C10H8N2/c1-2-8-5-6-9-10(12-8)4-3-7-11-9/h2-7H,1H2. The summed E-state index contributed by atoms with van der Waals surface area (Å²) in [5, 5.41) is 0. The molecule has 0 aliphatic carbocycles. The predicted octanol–water partition coefficient (Wildman–Crippen LogP) is 2.27. The average Bonchev–Trinajstić information content (AvgIpc) is 2.17. The molecule has 0 unspecified atom stereocenters. The molecule has 0 N–H and O–H groups in total. The van der Waals surface area contributed by atoms with Gasteiger partial charge >= 0.3 is 0 Å². The molecule has 58 valence electrons. The summed E-state index contributed by atoms with van der Waals surface area (Å²) in [7, 11) is 0. The SMILES string of the molecule is C=Cc1ccc2ncccc2n1. The predicted molar refractivity (Wildman–Crippen MR) is 49.6 cm³/mol. The van der Waals surface area contributed by atoms with Crippen molar-refractivity contribution in [3.05, 3.63) is 42.7 Å². The van der Waals surface area contributed by atoms with E-state index in [0.717, 1.165) is 16.7 Å². The average molecular weight is 156 g/mol. The van der Waals surface area contributed by atoms with Gasteiger partial charge in [-0.2, -0.15) is 0 Å². The molecule has 2 heteroatoms. The van der Waals surface area contributed by atoms with Crippen LogP contribution >= 0.6 is 0 Å². The number of hydrogen-bond donors (Lipinski definition) is 0. The van der Waals surface area contributed by atoms with Crippen LogP contribution in [0.3, 0.4) is 0 Å². The summed E-state index contributed by atoms with van der Waals surface area (Å²) in [4.78, 5) is 8.47. The maximum absolute atomic E-state index is 4.31. The van der Waals surface area contributed by atoms with Crippen LogP contribution in [0.2, 0.25) is 0 Å². The van der Waals surface area contributed by atoms with Gasteiger partial charge in [0.25, 0.3) is 0 Å². The van der Waals surface area contributed by atoms with Crippen molar-refractivity contribution in [3.63, 3.8) is 0 Å². The van der Waals surface area contributed by atoms with Gasteiger partial charge in [-0.05, 0) is 30.3 Å². The Kier molecular flexibility index (Phi) is 1.59. The molecule has 0 saturated heterocycles. The first-order valence-corrected chi connectivity index (χ1v) is 3.74. The summed E-state index contributed by atoms with van der Waals surface area (Å²) in [5.41, 5.74) is 2.72. The van der Waals surface area contributed by atoms with E-state index in [9.17, 15) is 0 Å². The third-order valence-electron chi connectivity index (χ3n) is 1.69. The van der Waals surface area contributed by atoms with Gasteiger partial charge in [-0.3, -0.25) is 4.98 Å². The van der Waals surface area contributed by atoms with Crippen molar-refractivity contribution in [3.8, 4) is 0 Å². The Labute approximate surface area is 70.6 Å². The van der Waals surface area contributed by atoms with Gasteiger partial charge in [-0.15, -0.1) is 0 Å². The zero-order chi connectivity index (χ0) is 8.39. The first kappa shape index (κ1) is 6.98. The molecule has 0 radical (unpaired) electrons. The number of pyridine rings is 2. The number of fused-ring (bicyclic) bond motifs is 1. The van der Waals surface area contributed by atoms with Crippen LogP contribution < -0.4 is 0 Å². The Morgan fingerprint density at radius 1 is 1.17 bits per heavy atom. The molecule has 0 amide bonds. The molecular formula is C10H8N2. The Bertz CT molecular complexity index is 421. The van der Waals surface area contributed by atoms with Gasteiger partial charge in [0.05, 0.1) is 16.7 Å². The molecule has 2 rings (SSSR count). The van der Waals surface area contributed by atoms with Crippen molar-refractivity contribution >= 4 is 17.1 Å². The second-order valence-electron chi connectivity index (χ2n) is 2.48. The molecule has 2 aromatic rings. The highest BCUT2D eigenvalue weighted by molar-refractivity contribution is 5.74. The largest absolute Gasteiger partial charge is 0.255 e. The van der Waals surface area contributed by atoms with E-state index in [4.69, 9.17) is 0 Å². The lowest BCUT2D eigenvalue weighted by Gasteiger charge is -1.95. The summed E-state index contributed by atoms with van der Waals surface area (Å²) >= 11 is 0. The molecule has 12 heavy (non-hydrogen) atoms. The fourth-order valence-corrected chi connectivity index (χ4v) is 1.09. The quantitative estimate of drug-likeness (QED) is 0.633. The van der Waals surface area contributed by atoms with Crippen LogP contribution in [0.5, 0.6) is 0 Å². The topological polar surface area (TPSA) is 25.8 Å². The number of rotatable bonds is 1. The Morgan fingerprint density at radius 2 is 2.08 bits per heavy atom. The third-order valence-corrected chi connectivity index (χ3v) is 1.69. The molecule has 0 aromatic carbocycles. The molecule has 0 fully saturated rings. The molecule has 2 heterocycles. The third kappa shape index (κ3) is 1.07. The van der Waals surface area contributed by atoms with Crippen molar-refractivity contribution in [2.45, 2.75) is 0 Å². The van der Waals surface area contributed by atoms with E-state index in [0.29, 0.717) is 0 Å². The van der Waals surface area contributed by atoms with Gasteiger partial charge in [-0.25, -0.2) is 4.98 Å². The molecule has 0 aliphatic heterocycles. The van der Waals surface area contributed by atoms with Gasteiger partial charge in [0, 0.05) is 6.20 Å². The fraction of sp³-hybridized carbons (Fsp3) is 0. The summed E-state index contributed by atoms with van der Waals surface area (Å²) in [6.45, 7) is 3.65. The molecule has 2 aromatic heterocycles. The van der Waals surface area contributed by atoms with E-state index in [1.54, 1.807) is 12.3 Å². The van der Waals surface area contributed by atoms with E-state index in [2.05, 4.69) is 16.5 Å². The molecular weight excluding hydrogens is 148 g/mol. The number of hydrogen-bond acceptors (Lipinski definition) is 2. The van der Waals surface area contributed by atoms with E-state index >= 15 is 0 Å². The second-order valence-corrected chi connectivity index (χ2v) is 2.48. The van der Waals surface area contributed by atoms with Crippen LogP contribution in [0.25, 0.3) is 17.1 Å². The Morgan fingerprint density at radius 3 is 2.92 bits per heavy atom. The minimum absolute atomic E-state index is 0.885. The lowest BCUT2D eigenvalue weighted by molar-refractivity contribution is 1.32. The highest BCUT2D eigenvalue weighted by Gasteiger charge is 1.93. The monoisotopic (exact) mass is 156 g/mol. The molecule has 0 atom stereocenters. The Balaban J connectivity index is 2.75. The number of aromatic nitrogens is 2. The van der Waals surface area contributed by atoms with Crippen LogP contribution in [0.15, 0.2) is 37.0 Å². The minimum atomic E-state index is 0.885.